The fourth-order valence-electron chi connectivity index (χ4n) is 3.11. The molecule has 2 atom stereocenters. The zero-order valence-electron chi connectivity index (χ0n) is 19.6. The molecule has 2 rings (SSSR count). The fourth-order valence-corrected chi connectivity index (χ4v) is 4.07. The number of rotatable bonds is 12. The Kier molecular flexibility index (Phi) is 11.6. The minimum atomic E-state index is -7.03. The molecule has 0 heterocycles. The number of phosphoric ester groups is 1. The van der Waals surface area contributed by atoms with Gasteiger partial charge in [-0.25, -0.2) is 0 Å². The van der Waals surface area contributed by atoms with Gasteiger partial charge >= 0.3 is 61.3 Å². The molecule has 0 fully saturated rings. The molecule has 0 aliphatic heterocycles. The maximum absolute atomic E-state index is 14.2. The first-order valence-electron chi connectivity index (χ1n) is 10.5. The summed E-state index contributed by atoms with van der Waals surface area (Å²) >= 11 is 0. The summed E-state index contributed by atoms with van der Waals surface area (Å²) in [5.74, 6) is -19.9. The van der Waals surface area contributed by atoms with Crippen LogP contribution in [-0.4, -0.2) is 18.0 Å². The van der Waals surface area contributed by atoms with Gasteiger partial charge in [-0.3, -0.25) is 4.57 Å². The van der Waals surface area contributed by atoms with E-state index in [9.17, 15) is 49.0 Å². The first kappa shape index (κ1) is 33.8. The van der Waals surface area contributed by atoms with Gasteiger partial charge in [-0.1, -0.05) is 68.7 Å². The van der Waals surface area contributed by atoms with E-state index in [-0.39, 0.29) is 59.4 Å². The van der Waals surface area contributed by atoms with Crippen molar-refractivity contribution in [3.05, 3.63) is 65.7 Å². The Labute approximate surface area is 229 Å². The normalized spacial score (nSPS) is 15.4. The van der Waals surface area contributed by atoms with Crippen LogP contribution in [-0.2, 0) is 15.0 Å². The van der Waals surface area contributed by atoms with Crippen LogP contribution in [0.1, 0.15) is 49.8 Å². The Balaban J connectivity index is 0.00000684. The number of unbranched alkanes of at least 4 members (excludes halogenated alkanes) is 2. The largest absolute Gasteiger partial charge is 1.00 e. The monoisotopic (exact) mass is 574 g/mol. The van der Waals surface area contributed by atoms with Crippen LogP contribution in [0.4, 0.5) is 39.5 Å². The molecule has 0 N–H and O–H groups in total. The number of phosphoric acid groups is 1. The van der Waals surface area contributed by atoms with Gasteiger partial charge in [0, 0.05) is 5.56 Å². The van der Waals surface area contributed by atoms with E-state index in [1.54, 1.807) is 6.07 Å². The van der Waals surface area contributed by atoms with Gasteiger partial charge in [0.2, 0.25) is 0 Å². The third-order valence-corrected chi connectivity index (χ3v) is 6.02. The van der Waals surface area contributed by atoms with E-state index >= 15 is 0 Å². The summed E-state index contributed by atoms with van der Waals surface area (Å²) in [6.07, 6.45) is -6.57. The molecular weight excluding hydrogens is 553 g/mol. The molecule has 0 aliphatic carbocycles. The molecule has 37 heavy (non-hydrogen) atoms. The molecule has 4 nitrogen and oxygen atoms in total. The summed E-state index contributed by atoms with van der Waals surface area (Å²) in [5, 5.41) is 0. The topological polar surface area (TPSA) is 58.6 Å². The van der Waals surface area contributed by atoms with E-state index in [1.807, 2.05) is 6.92 Å². The quantitative estimate of drug-likeness (QED) is 0.158. The molecule has 2 unspecified atom stereocenters. The molecule has 0 amide bonds. The molecule has 15 heteroatoms. The SMILES string of the molecule is CCCCCC(OP(=O)([O-])Oc1ccccc1)c1ccc(C(F)(F)C(F)(F)C(F)(F)C(F)(F)F)cc1.[Na+]. The van der Waals surface area contributed by atoms with Gasteiger partial charge in [-0.05, 0) is 24.1 Å². The van der Waals surface area contributed by atoms with E-state index < -0.39 is 43.4 Å². The fraction of sp³-hybridized carbons (Fsp3) is 0.455. The Morgan fingerprint density at radius 2 is 1.38 bits per heavy atom. The molecule has 2 aromatic rings. The Bertz CT molecular complexity index is 1030. The third kappa shape index (κ3) is 7.89. The molecule has 0 spiro atoms. The van der Waals surface area contributed by atoms with Crippen LogP contribution in [0.25, 0.3) is 0 Å². The molecule has 0 aromatic heterocycles. The summed E-state index contributed by atoms with van der Waals surface area (Å²) in [6, 6.07) is 8.95. The van der Waals surface area contributed by atoms with Crippen molar-refractivity contribution < 1.29 is 87.6 Å². The second kappa shape index (κ2) is 12.7. The molecular formula is C22H21F9NaO4P. The summed E-state index contributed by atoms with van der Waals surface area (Å²) in [7, 11) is -5.04. The number of hydrogen-bond donors (Lipinski definition) is 0. The number of benzene rings is 2. The van der Waals surface area contributed by atoms with Crippen molar-refractivity contribution in [3.8, 4) is 5.75 Å². The third-order valence-electron chi connectivity index (χ3n) is 5.08. The Hall–Kier alpha value is -1.24. The zero-order chi connectivity index (χ0) is 27.4. The zero-order valence-corrected chi connectivity index (χ0v) is 22.5. The molecule has 0 aliphatic rings. The van der Waals surface area contributed by atoms with Crippen molar-refractivity contribution in [1.29, 1.82) is 0 Å². The van der Waals surface area contributed by atoms with Crippen molar-refractivity contribution in [2.24, 2.45) is 0 Å². The van der Waals surface area contributed by atoms with Crippen LogP contribution in [0.5, 0.6) is 5.75 Å². The van der Waals surface area contributed by atoms with Gasteiger partial charge in [0.25, 0.3) is 0 Å². The van der Waals surface area contributed by atoms with E-state index in [0.29, 0.717) is 31.4 Å². The number of hydrogen-bond acceptors (Lipinski definition) is 4. The molecule has 0 bridgehead atoms. The molecule has 0 radical (unpaired) electrons. The Morgan fingerprint density at radius 1 is 0.838 bits per heavy atom. The summed E-state index contributed by atoms with van der Waals surface area (Å²) < 4.78 is 141. The van der Waals surface area contributed by atoms with Crippen LogP contribution in [0.2, 0.25) is 0 Å². The van der Waals surface area contributed by atoms with E-state index in [4.69, 9.17) is 9.05 Å². The van der Waals surface area contributed by atoms with Gasteiger partial charge in [0.05, 0.1) is 6.10 Å². The number of halogens is 9. The summed E-state index contributed by atoms with van der Waals surface area (Å²) in [6.45, 7) is 1.83. The van der Waals surface area contributed by atoms with Gasteiger partial charge in [-0.15, -0.1) is 0 Å². The number of alkyl halides is 9. The van der Waals surface area contributed by atoms with Crippen LogP contribution in [0, 0.1) is 0 Å². The maximum atomic E-state index is 14.2. The van der Waals surface area contributed by atoms with Gasteiger partial charge in [-0.2, -0.15) is 39.5 Å². The van der Waals surface area contributed by atoms with E-state index in [1.165, 1.54) is 24.3 Å². The molecule has 0 saturated carbocycles. The van der Waals surface area contributed by atoms with Crippen LogP contribution >= 0.6 is 7.82 Å². The first-order valence-corrected chi connectivity index (χ1v) is 12.0. The second-order valence-electron chi connectivity index (χ2n) is 7.78. The van der Waals surface area contributed by atoms with Gasteiger partial charge in [0.15, 0.2) is 0 Å². The predicted molar refractivity (Wildman–Crippen MR) is 109 cm³/mol. The predicted octanol–water partition coefficient (Wildman–Crippen LogP) is 4.80. The van der Waals surface area contributed by atoms with Crippen molar-refractivity contribution in [2.45, 2.75) is 62.7 Å². The Morgan fingerprint density at radius 3 is 1.86 bits per heavy atom. The standard InChI is InChI=1S/C22H22F9O4P.Na/c1-2-3-5-10-18(35-36(32,33)34-17-8-6-4-7-9-17)15-11-13-16(14-12-15)19(23,24)20(25,26)21(27,28)22(29,30)31;/h4,6-9,11-14,18H,2-3,5,10H2,1H3,(H,32,33);/q;+1/p-1. The molecule has 2 aromatic carbocycles. The smallest absolute Gasteiger partial charge is 0.746 e. The molecule has 0 saturated heterocycles. The number of para-hydroxylation sites is 1. The first-order chi connectivity index (χ1) is 16.5. The van der Waals surface area contributed by atoms with Crippen LogP contribution in [0.3, 0.4) is 0 Å². The summed E-state index contributed by atoms with van der Waals surface area (Å²) in [4.78, 5) is 12.4. The van der Waals surface area contributed by atoms with E-state index in [2.05, 4.69) is 0 Å². The van der Waals surface area contributed by atoms with Crippen molar-refractivity contribution in [1.82, 2.24) is 0 Å². The van der Waals surface area contributed by atoms with Crippen molar-refractivity contribution >= 4 is 7.82 Å². The average Bonchev–Trinajstić information content (AvgIpc) is 2.78. The summed E-state index contributed by atoms with van der Waals surface area (Å²) in [5.41, 5.74) is -1.97. The molecule has 202 valence electrons. The minimum Gasteiger partial charge on any atom is -0.746 e. The van der Waals surface area contributed by atoms with Gasteiger partial charge < -0.3 is 13.9 Å². The van der Waals surface area contributed by atoms with Crippen LogP contribution < -0.4 is 39.0 Å². The van der Waals surface area contributed by atoms with Gasteiger partial charge in [0.1, 0.15) is 5.75 Å². The van der Waals surface area contributed by atoms with E-state index in [0.717, 1.165) is 0 Å². The average molecular weight is 574 g/mol. The second-order valence-corrected chi connectivity index (χ2v) is 9.07. The van der Waals surface area contributed by atoms with Crippen molar-refractivity contribution in [3.63, 3.8) is 0 Å². The van der Waals surface area contributed by atoms with Crippen LogP contribution in [0.15, 0.2) is 54.6 Å². The maximum Gasteiger partial charge on any atom is 1.00 e. The van der Waals surface area contributed by atoms with Crippen molar-refractivity contribution in [2.75, 3.05) is 0 Å². The minimum absolute atomic E-state index is 0.